The molecule has 2 aliphatic heterocycles. The van der Waals surface area contributed by atoms with Gasteiger partial charge in [0.05, 0.1) is 12.1 Å². The van der Waals surface area contributed by atoms with E-state index in [2.05, 4.69) is 38.1 Å². The highest BCUT2D eigenvalue weighted by molar-refractivity contribution is 6.31. The summed E-state index contributed by atoms with van der Waals surface area (Å²) in [5, 5.41) is 1.45. The molecule has 0 N–H and O–H groups in total. The number of para-hydroxylation sites is 1. The Labute approximate surface area is 225 Å². The molecule has 1 saturated heterocycles. The molecule has 0 bridgehead atoms. The number of fused-ring (bicyclic) bond motifs is 2. The predicted octanol–water partition coefficient (Wildman–Crippen LogP) is 7.43. The monoisotopic (exact) mass is 522 g/mol. The van der Waals surface area contributed by atoms with E-state index in [0.29, 0.717) is 16.0 Å². The lowest BCUT2D eigenvalue weighted by molar-refractivity contribution is -0.132. The Hall–Kier alpha value is -2.79. The standard InChI is InChI=1S/C17H19ClN2O2.C14H20O/c1-12(21)15-10-20(16-9-13(18)5-6-14(15)16)11-17(22)19-7-3-2-4-8-19;1-3-9-14(10-4-2)11-15-13-8-6-5-7-12(13)14/h5-6,9-10H,2-4,7-8,11H2,1H3;5-8H,3-4,9-11H2,1-2H3. The van der Waals surface area contributed by atoms with Crippen LogP contribution in [0.2, 0.25) is 5.02 Å². The molecule has 1 amide bonds. The zero-order chi connectivity index (χ0) is 26.4. The van der Waals surface area contributed by atoms with Crippen molar-refractivity contribution < 1.29 is 14.3 Å². The quantitative estimate of drug-likeness (QED) is 0.303. The number of amides is 1. The molecule has 2 aliphatic rings. The number of ketones is 1. The number of hydrogen-bond donors (Lipinski definition) is 0. The third kappa shape index (κ3) is 6.04. The van der Waals surface area contributed by atoms with E-state index in [1.807, 2.05) is 21.6 Å². The van der Waals surface area contributed by atoms with Gasteiger partial charge in [-0.2, -0.15) is 0 Å². The molecule has 1 aromatic heterocycles. The summed E-state index contributed by atoms with van der Waals surface area (Å²) >= 11 is 6.07. The topological polar surface area (TPSA) is 51.5 Å². The summed E-state index contributed by atoms with van der Waals surface area (Å²) in [6, 6.07) is 14.0. The van der Waals surface area contributed by atoms with Gasteiger partial charge >= 0.3 is 0 Å². The highest BCUT2D eigenvalue weighted by atomic mass is 35.5. The number of piperidine rings is 1. The molecule has 198 valence electrons. The average molecular weight is 523 g/mol. The van der Waals surface area contributed by atoms with Crippen molar-refractivity contribution in [2.45, 2.75) is 77.7 Å². The maximum absolute atomic E-state index is 12.5. The fourth-order valence-electron chi connectivity index (χ4n) is 5.89. The van der Waals surface area contributed by atoms with Crippen LogP contribution in [0.4, 0.5) is 0 Å². The second kappa shape index (κ2) is 12.2. The first kappa shape index (κ1) is 27.3. The molecule has 5 rings (SSSR count). The van der Waals surface area contributed by atoms with E-state index in [4.69, 9.17) is 16.3 Å². The van der Waals surface area contributed by atoms with Crippen molar-refractivity contribution in [3.8, 4) is 5.75 Å². The third-order valence-electron chi connectivity index (χ3n) is 7.66. The highest BCUT2D eigenvalue weighted by Gasteiger charge is 2.38. The Bertz CT molecular complexity index is 1230. The number of rotatable bonds is 7. The van der Waals surface area contributed by atoms with Gasteiger partial charge in [-0.25, -0.2) is 0 Å². The minimum atomic E-state index is -0.00325. The van der Waals surface area contributed by atoms with E-state index in [9.17, 15) is 9.59 Å². The van der Waals surface area contributed by atoms with Gasteiger partial charge in [0.1, 0.15) is 12.3 Å². The maximum Gasteiger partial charge on any atom is 0.242 e. The molecule has 3 aromatic rings. The van der Waals surface area contributed by atoms with Gasteiger partial charge in [-0.15, -0.1) is 0 Å². The van der Waals surface area contributed by atoms with Gasteiger partial charge in [-0.05, 0) is 57.2 Å². The first-order chi connectivity index (χ1) is 17.9. The number of nitrogens with zero attached hydrogens (tertiary/aromatic N) is 2. The van der Waals surface area contributed by atoms with Crippen LogP contribution in [0.3, 0.4) is 0 Å². The molecule has 0 aliphatic carbocycles. The van der Waals surface area contributed by atoms with Crippen molar-refractivity contribution in [3.05, 3.63) is 64.8 Å². The summed E-state index contributed by atoms with van der Waals surface area (Å²) in [7, 11) is 0. The SMILES string of the molecule is CC(=O)c1cn(CC(=O)N2CCCCC2)c2cc(Cl)ccc12.CCCC1(CCC)COc2ccccc21. The Morgan fingerprint density at radius 2 is 1.70 bits per heavy atom. The van der Waals surface area contributed by atoms with Crippen LogP contribution in [0.1, 0.15) is 81.6 Å². The van der Waals surface area contributed by atoms with Crippen molar-refractivity contribution in [1.82, 2.24) is 9.47 Å². The fraction of sp³-hybridized carbons (Fsp3) is 0.484. The number of aromatic nitrogens is 1. The largest absolute Gasteiger partial charge is 0.492 e. The molecule has 1 fully saturated rings. The van der Waals surface area contributed by atoms with Gasteiger partial charge in [0.2, 0.25) is 5.91 Å². The minimum Gasteiger partial charge on any atom is -0.492 e. The predicted molar refractivity (Wildman–Crippen MR) is 151 cm³/mol. The van der Waals surface area contributed by atoms with Crippen LogP contribution in [0.25, 0.3) is 10.9 Å². The van der Waals surface area contributed by atoms with Crippen LogP contribution in [0.15, 0.2) is 48.7 Å². The number of carbonyl (C=O) groups is 2. The second-order valence-corrected chi connectivity index (χ2v) is 10.8. The van der Waals surface area contributed by atoms with Gasteiger partial charge in [0.25, 0.3) is 0 Å². The van der Waals surface area contributed by atoms with Crippen molar-refractivity contribution >= 4 is 34.2 Å². The highest BCUT2D eigenvalue weighted by Crippen LogP contribution is 2.44. The summed E-state index contributed by atoms with van der Waals surface area (Å²) in [6.07, 6.45) is 10.1. The molecular weight excluding hydrogens is 484 g/mol. The summed E-state index contributed by atoms with van der Waals surface area (Å²) in [4.78, 5) is 26.2. The minimum absolute atomic E-state index is 0.00325. The van der Waals surface area contributed by atoms with E-state index in [-0.39, 0.29) is 18.2 Å². The maximum atomic E-state index is 12.5. The molecule has 0 unspecified atom stereocenters. The Kier molecular flexibility index (Phi) is 8.96. The summed E-state index contributed by atoms with van der Waals surface area (Å²) < 4.78 is 7.66. The van der Waals surface area contributed by atoms with Crippen LogP contribution in [-0.2, 0) is 16.8 Å². The van der Waals surface area contributed by atoms with Crippen molar-refractivity contribution in [1.29, 1.82) is 0 Å². The lowest BCUT2D eigenvalue weighted by Crippen LogP contribution is -2.37. The second-order valence-electron chi connectivity index (χ2n) is 10.4. The van der Waals surface area contributed by atoms with Gasteiger partial charge in [0, 0.05) is 46.2 Å². The van der Waals surface area contributed by atoms with E-state index in [0.717, 1.165) is 49.2 Å². The average Bonchev–Trinajstić information content (AvgIpc) is 3.44. The zero-order valence-electron chi connectivity index (χ0n) is 22.4. The van der Waals surface area contributed by atoms with E-state index >= 15 is 0 Å². The first-order valence-corrected chi connectivity index (χ1v) is 14.1. The van der Waals surface area contributed by atoms with Crippen LogP contribution in [0, 0.1) is 0 Å². The number of ether oxygens (including phenoxy) is 1. The molecule has 0 radical (unpaired) electrons. The first-order valence-electron chi connectivity index (χ1n) is 13.7. The number of likely N-dealkylation sites (tertiary alicyclic amines) is 1. The number of benzene rings is 2. The molecule has 5 nitrogen and oxygen atoms in total. The van der Waals surface area contributed by atoms with E-state index in [1.165, 1.54) is 37.7 Å². The van der Waals surface area contributed by atoms with Gasteiger partial charge in [0.15, 0.2) is 5.78 Å². The number of carbonyl (C=O) groups excluding carboxylic acids is 2. The van der Waals surface area contributed by atoms with Gasteiger partial charge in [-0.3, -0.25) is 9.59 Å². The summed E-state index contributed by atoms with van der Waals surface area (Å²) in [5.74, 6) is 1.21. The van der Waals surface area contributed by atoms with Crippen LogP contribution in [-0.4, -0.2) is 40.9 Å². The molecule has 6 heteroatoms. The van der Waals surface area contributed by atoms with Crippen molar-refractivity contribution in [2.75, 3.05) is 19.7 Å². The van der Waals surface area contributed by atoms with Crippen LogP contribution < -0.4 is 4.74 Å². The van der Waals surface area contributed by atoms with Crippen LogP contribution in [0.5, 0.6) is 5.75 Å². The Morgan fingerprint density at radius 3 is 2.38 bits per heavy atom. The molecule has 37 heavy (non-hydrogen) atoms. The summed E-state index contributed by atoms with van der Waals surface area (Å²) in [6.45, 7) is 8.87. The zero-order valence-corrected chi connectivity index (χ0v) is 23.2. The Morgan fingerprint density at radius 1 is 1.00 bits per heavy atom. The molecular formula is C31H39ClN2O3. The number of halogens is 1. The Balaban J connectivity index is 0.000000186. The lowest BCUT2D eigenvalue weighted by atomic mass is 9.75. The molecule has 0 saturated carbocycles. The molecule has 0 spiro atoms. The van der Waals surface area contributed by atoms with Gasteiger partial charge < -0.3 is 14.2 Å². The van der Waals surface area contributed by atoms with E-state index in [1.54, 1.807) is 19.2 Å². The third-order valence-corrected chi connectivity index (χ3v) is 7.89. The fourth-order valence-corrected chi connectivity index (χ4v) is 6.05. The smallest absolute Gasteiger partial charge is 0.242 e. The van der Waals surface area contributed by atoms with Gasteiger partial charge in [-0.1, -0.05) is 62.6 Å². The van der Waals surface area contributed by atoms with Crippen molar-refractivity contribution in [3.63, 3.8) is 0 Å². The van der Waals surface area contributed by atoms with Crippen LogP contribution >= 0.6 is 11.6 Å². The van der Waals surface area contributed by atoms with E-state index < -0.39 is 0 Å². The van der Waals surface area contributed by atoms with Crippen molar-refractivity contribution in [2.24, 2.45) is 0 Å². The number of hydrogen-bond acceptors (Lipinski definition) is 3. The lowest BCUT2D eigenvalue weighted by Gasteiger charge is -2.27. The normalized spacial score (nSPS) is 16.1. The number of Topliss-reactive ketones (excluding diaryl/α,β-unsaturated/α-hetero) is 1. The molecule has 0 atom stereocenters. The molecule has 2 aromatic carbocycles. The molecule has 3 heterocycles. The summed E-state index contributed by atoms with van der Waals surface area (Å²) in [5.41, 5.74) is 3.22.